The number of nitriles is 2. The van der Waals surface area contributed by atoms with E-state index in [1.165, 1.54) is 38.4 Å². The Balaban J connectivity index is 1.14. The molecule has 12 rings (SSSR count). The van der Waals surface area contributed by atoms with Gasteiger partial charge in [0.1, 0.15) is 12.1 Å². The van der Waals surface area contributed by atoms with Crippen LogP contribution in [0.1, 0.15) is 54.2 Å². The summed E-state index contributed by atoms with van der Waals surface area (Å²) in [5.74, 6) is 0. The highest BCUT2D eigenvalue weighted by molar-refractivity contribution is 6.17. The molecule has 1 aliphatic carbocycles. The predicted octanol–water partition coefficient (Wildman–Crippen LogP) is 14.7. The van der Waals surface area contributed by atoms with E-state index in [9.17, 15) is 10.5 Å². The van der Waals surface area contributed by atoms with Crippen molar-refractivity contribution < 1.29 is 0 Å². The van der Waals surface area contributed by atoms with E-state index >= 15 is 0 Å². The lowest BCUT2D eigenvalue weighted by Gasteiger charge is -2.22. The topological polar surface area (TPSA) is 62.4 Å². The monoisotopic (exact) mass is 805 g/mol. The first-order valence-electron chi connectivity index (χ1n) is 21.4. The molecule has 0 amide bonds. The summed E-state index contributed by atoms with van der Waals surface area (Å²) >= 11 is 0. The van der Waals surface area contributed by atoms with Gasteiger partial charge in [-0.1, -0.05) is 130 Å². The molecule has 1 aliphatic rings. The molecule has 0 saturated heterocycles. The largest absolute Gasteiger partial charge is 0.309 e. The van der Waals surface area contributed by atoms with E-state index in [1.54, 1.807) is 0 Å². The Labute approximate surface area is 364 Å². The Morgan fingerprint density at radius 3 is 1.70 bits per heavy atom. The lowest BCUT2D eigenvalue weighted by Crippen LogP contribution is -2.15. The van der Waals surface area contributed by atoms with Crippen molar-refractivity contribution in [1.29, 1.82) is 10.5 Å². The lowest BCUT2D eigenvalue weighted by atomic mass is 9.80. The Bertz CT molecular complexity index is 3890. The van der Waals surface area contributed by atoms with E-state index in [2.05, 4.69) is 186 Å². The smallest absolute Gasteiger partial charge is 0.101 e. The van der Waals surface area contributed by atoms with Gasteiger partial charge in [-0.2, -0.15) is 10.5 Å². The average Bonchev–Trinajstić information content (AvgIpc) is 4.02. The Hall–Kier alpha value is -8.38. The summed E-state index contributed by atoms with van der Waals surface area (Å²) in [4.78, 5) is 0. The van der Waals surface area contributed by atoms with Gasteiger partial charge in [-0.15, -0.1) is 0 Å². The van der Waals surface area contributed by atoms with E-state index in [0.29, 0.717) is 22.5 Å². The highest BCUT2D eigenvalue weighted by Crippen LogP contribution is 2.53. The van der Waals surface area contributed by atoms with Crippen molar-refractivity contribution in [1.82, 2.24) is 13.7 Å². The van der Waals surface area contributed by atoms with Gasteiger partial charge in [-0.3, -0.25) is 0 Å². The number of fused-ring (bicyclic) bond motifs is 13. The summed E-state index contributed by atoms with van der Waals surface area (Å²) in [6.07, 6.45) is 6.09. The number of benzene rings is 8. The highest BCUT2D eigenvalue weighted by atomic mass is 15.0. The number of aromatic nitrogens is 3. The molecule has 8 aromatic carbocycles. The maximum absolute atomic E-state index is 11.2. The van der Waals surface area contributed by atoms with Crippen LogP contribution in [0.25, 0.3) is 106 Å². The van der Waals surface area contributed by atoms with Gasteiger partial charge in [0.2, 0.25) is 0 Å². The fraction of sp³-hybridized carbons (Fsp3) is 0.0690. The van der Waals surface area contributed by atoms with Crippen LogP contribution in [0.15, 0.2) is 164 Å². The first-order valence-corrected chi connectivity index (χ1v) is 21.4. The number of para-hydroxylation sites is 3. The van der Waals surface area contributed by atoms with E-state index in [1.807, 2.05) is 37.3 Å². The molecule has 0 radical (unpaired) electrons. The molecule has 3 aromatic heterocycles. The van der Waals surface area contributed by atoms with Crippen LogP contribution in [0.2, 0.25) is 0 Å². The molecule has 296 valence electrons. The van der Waals surface area contributed by atoms with E-state index in [4.69, 9.17) is 0 Å². The minimum atomic E-state index is -0.241. The molecule has 5 nitrogen and oxygen atoms in total. The third-order valence-electron chi connectivity index (χ3n) is 13.6. The van der Waals surface area contributed by atoms with Crippen LogP contribution >= 0.6 is 0 Å². The molecule has 11 aromatic rings. The standard InChI is InChI=1S/C58H39N5/c1-5-15-35-24-27-51-55(39(35)6-2)45-32-38(61-47-21-12-8-17-41(47)42-18-9-13-22-48(42)61)25-28-50(45)63(51)54-31-36(33-59)53(30-37(54)34-60)62-49-23-14-10-19-44(49)56-52(62)29-26-43-40-16-7-11-20-46(40)58(3,4)57(43)56/h5-32H,2H2,1,3-4H3/b15-5-. The first kappa shape index (κ1) is 36.5. The van der Waals surface area contributed by atoms with E-state index in [-0.39, 0.29) is 5.41 Å². The van der Waals surface area contributed by atoms with Gasteiger partial charge >= 0.3 is 0 Å². The van der Waals surface area contributed by atoms with Crippen molar-refractivity contribution >= 4 is 77.6 Å². The molecular weight excluding hydrogens is 767 g/mol. The van der Waals surface area contributed by atoms with Crippen molar-refractivity contribution in [3.05, 3.63) is 198 Å². The zero-order valence-corrected chi connectivity index (χ0v) is 35.1. The van der Waals surface area contributed by atoms with Crippen molar-refractivity contribution in [3.8, 4) is 40.3 Å². The van der Waals surface area contributed by atoms with Gasteiger partial charge in [0, 0.05) is 43.4 Å². The van der Waals surface area contributed by atoms with Crippen LogP contribution in [0, 0.1) is 22.7 Å². The van der Waals surface area contributed by atoms with Gasteiger partial charge in [-0.25, -0.2) is 0 Å². The third-order valence-corrected chi connectivity index (χ3v) is 13.6. The third kappa shape index (κ3) is 4.85. The summed E-state index contributed by atoms with van der Waals surface area (Å²) < 4.78 is 6.69. The van der Waals surface area contributed by atoms with Crippen LogP contribution in [0.3, 0.4) is 0 Å². The average molecular weight is 806 g/mol. The van der Waals surface area contributed by atoms with Crippen molar-refractivity contribution in [3.63, 3.8) is 0 Å². The molecule has 0 atom stereocenters. The number of nitrogens with zero attached hydrogens (tertiary/aromatic N) is 5. The Morgan fingerprint density at radius 1 is 0.524 bits per heavy atom. The van der Waals surface area contributed by atoms with Gasteiger partial charge in [0.25, 0.3) is 0 Å². The maximum atomic E-state index is 11.2. The zero-order chi connectivity index (χ0) is 42.7. The summed E-state index contributed by atoms with van der Waals surface area (Å²) in [5.41, 5.74) is 16.3. The molecule has 0 saturated carbocycles. The van der Waals surface area contributed by atoms with Crippen LogP contribution < -0.4 is 0 Å². The lowest BCUT2D eigenvalue weighted by molar-refractivity contribution is 0.666. The van der Waals surface area contributed by atoms with Crippen LogP contribution in [0.4, 0.5) is 0 Å². The Kier molecular flexibility index (Phi) is 7.70. The molecule has 0 fully saturated rings. The van der Waals surface area contributed by atoms with Crippen LogP contribution in [0.5, 0.6) is 0 Å². The molecule has 5 heteroatoms. The fourth-order valence-corrected chi connectivity index (χ4v) is 11.0. The molecule has 0 bridgehead atoms. The first-order chi connectivity index (χ1) is 30.9. The SMILES string of the molecule is C=Cc1c(/C=C\C)ccc2c1c1cc(-n3c4ccccc4c4ccccc43)ccc1n2-c1cc(C#N)c(-n2c3ccccc3c3c4c(ccc32)-c2ccccc2C4(C)C)cc1C#N. The summed E-state index contributed by atoms with van der Waals surface area (Å²) in [7, 11) is 0. The molecule has 0 unspecified atom stereocenters. The van der Waals surface area contributed by atoms with E-state index in [0.717, 1.165) is 66.1 Å². The molecule has 0 aliphatic heterocycles. The fourth-order valence-electron chi connectivity index (χ4n) is 11.0. The molecule has 63 heavy (non-hydrogen) atoms. The number of hydrogen-bond donors (Lipinski definition) is 0. The zero-order valence-electron chi connectivity index (χ0n) is 35.1. The minimum absolute atomic E-state index is 0.241. The van der Waals surface area contributed by atoms with Gasteiger partial charge in [0.15, 0.2) is 0 Å². The van der Waals surface area contributed by atoms with Gasteiger partial charge in [-0.05, 0) is 101 Å². The second kappa shape index (κ2) is 13.3. The summed E-state index contributed by atoms with van der Waals surface area (Å²) in [6, 6.07) is 58.5. The highest BCUT2D eigenvalue weighted by Gasteiger charge is 2.38. The number of allylic oxidation sites excluding steroid dienone is 1. The number of rotatable bonds is 5. The normalized spacial score (nSPS) is 13.1. The molecule has 3 heterocycles. The molecule has 0 N–H and O–H groups in total. The molecular formula is C58H39N5. The van der Waals surface area contributed by atoms with Crippen LogP contribution in [-0.4, -0.2) is 13.7 Å². The van der Waals surface area contributed by atoms with Crippen LogP contribution in [-0.2, 0) is 5.41 Å². The molecule has 0 spiro atoms. The van der Waals surface area contributed by atoms with E-state index < -0.39 is 0 Å². The predicted molar refractivity (Wildman–Crippen MR) is 261 cm³/mol. The van der Waals surface area contributed by atoms with Crippen molar-refractivity contribution in [2.75, 3.05) is 0 Å². The second-order valence-electron chi connectivity index (χ2n) is 17.1. The maximum Gasteiger partial charge on any atom is 0.101 e. The van der Waals surface area contributed by atoms with Crippen molar-refractivity contribution in [2.24, 2.45) is 0 Å². The van der Waals surface area contributed by atoms with Gasteiger partial charge in [0.05, 0.1) is 55.6 Å². The Morgan fingerprint density at radius 2 is 1.06 bits per heavy atom. The summed E-state index contributed by atoms with van der Waals surface area (Å²) in [5, 5.41) is 29.1. The van der Waals surface area contributed by atoms with Gasteiger partial charge < -0.3 is 13.7 Å². The number of hydrogen-bond acceptors (Lipinski definition) is 2. The van der Waals surface area contributed by atoms with Crippen molar-refractivity contribution in [2.45, 2.75) is 26.2 Å². The second-order valence-corrected chi connectivity index (χ2v) is 17.1. The summed E-state index contributed by atoms with van der Waals surface area (Å²) in [6.45, 7) is 11.0. The quantitative estimate of drug-likeness (QED) is 0.174. The minimum Gasteiger partial charge on any atom is -0.309 e.